The molecule has 0 atom stereocenters. The van der Waals surface area contributed by atoms with Gasteiger partial charge >= 0.3 is 6.18 Å². The van der Waals surface area contributed by atoms with Crippen LogP contribution in [0.5, 0.6) is 5.88 Å². The molecule has 1 aromatic heterocycles. The molecule has 0 saturated carbocycles. The number of nitrogens with zero attached hydrogens (tertiary/aromatic N) is 1. The van der Waals surface area contributed by atoms with Gasteiger partial charge in [0, 0.05) is 6.07 Å². The molecule has 1 aromatic rings. The molecular weight excluding hydrogens is 225 g/mol. The molecule has 0 aliphatic rings. The van der Waals surface area contributed by atoms with Crippen molar-refractivity contribution in [2.24, 2.45) is 5.73 Å². The van der Waals surface area contributed by atoms with Crippen LogP contribution in [0.25, 0.3) is 0 Å². The topological polar surface area (TPSA) is 65.2 Å². The third-order valence-electron chi connectivity index (χ3n) is 1.71. The van der Waals surface area contributed by atoms with E-state index in [0.717, 1.165) is 0 Å². The maximum absolute atomic E-state index is 11.8. The van der Waals surface area contributed by atoms with Crippen molar-refractivity contribution in [1.82, 2.24) is 4.98 Å². The van der Waals surface area contributed by atoms with Gasteiger partial charge in [-0.05, 0) is 13.0 Å². The average Bonchev–Trinajstić information content (AvgIpc) is 2.13. The lowest BCUT2D eigenvalue weighted by Crippen LogP contribution is -2.20. The first kappa shape index (κ1) is 12.3. The van der Waals surface area contributed by atoms with Gasteiger partial charge in [0.15, 0.2) is 6.61 Å². The highest BCUT2D eigenvalue weighted by molar-refractivity contribution is 5.93. The molecule has 2 N–H and O–H groups in total. The number of halogens is 3. The van der Waals surface area contributed by atoms with Crippen molar-refractivity contribution in [2.45, 2.75) is 13.1 Å². The van der Waals surface area contributed by atoms with E-state index in [9.17, 15) is 18.0 Å². The van der Waals surface area contributed by atoms with Crippen LogP contribution in [-0.4, -0.2) is 23.7 Å². The number of primary amides is 1. The second-order valence-corrected chi connectivity index (χ2v) is 3.05. The van der Waals surface area contributed by atoms with Gasteiger partial charge in [-0.3, -0.25) is 4.79 Å². The maximum Gasteiger partial charge on any atom is 0.422 e. The Balaban J connectivity index is 2.78. The van der Waals surface area contributed by atoms with Gasteiger partial charge in [-0.25, -0.2) is 4.98 Å². The molecule has 0 fully saturated rings. The molecule has 7 heteroatoms. The summed E-state index contributed by atoms with van der Waals surface area (Å²) in [6.07, 6.45) is -4.42. The summed E-state index contributed by atoms with van der Waals surface area (Å²) in [5, 5.41) is 0. The highest BCUT2D eigenvalue weighted by atomic mass is 19.4. The molecular formula is C9H9F3N2O2. The Morgan fingerprint density at radius 2 is 2.12 bits per heavy atom. The van der Waals surface area contributed by atoms with Gasteiger partial charge in [-0.1, -0.05) is 0 Å². The van der Waals surface area contributed by atoms with Gasteiger partial charge in [0.2, 0.25) is 5.88 Å². The molecule has 0 spiro atoms. The number of rotatable bonds is 3. The van der Waals surface area contributed by atoms with Crippen LogP contribution in [0.2, 0.25) is 0 Å². The Hall–Kier alpha value is -1.79. The Labute approximate surface area is 89.2 Å². The third-order valence-corrected chi connectivity index (χ3v) is 1.71. The summed E-state index contributed by atoms with van der Waals surface area (Å²) in [6, 6.07) is 2.44. The maximum atomic E-state index is 11.8. The van der Waals surface area contributed by atoms with Gasteiger partial charge in [-0.15, -0.1) is 0 Å². The lowest BCUT2D eigenvalue weighted by Gasteiger charge is -2.09. The molecule has 0 aliphatic carbocycles. The zero-order valence-corrected chi connectivity index (χ0v) is 8.34. The minimum Gasteiger partial charge on any atom is -0.468 e. The zero-order chi connectivity index (χ0) is 12.3. The summed E-state index contributed by atoms with van der Waals surface area (Å²) in [4.78, 5) is 14.5. The number of hydrogen-bond donors (Lipinski definition) is 1. The number of aromatic nitrogens is 1. The Kier molecular flexibility index (Phi) is 3.36. The van der Waals surface area contributed by atoms with E-state index in [1.54, 1.807) is 0 Å². The van der Waals surface area contributed by atoms with Crippen LogP contribution in [-0.2, 0) is 0 Å². The quantitative estimate of drug-likeness (QED) is 0.860. The molecule has 0 radical (unpaired) electrons. The molecule has 0 saturated heterocycles. The number of pyridine rings is 1. The van der Waals surface area contributed by atoms with Gasteiger partial charge < -0.3 is 10.5 Å². The van der Waals surface area contributed by atoms with Crippen LogP contribution >= 0.6 is 0 Å². The van der Waals surface area contributed by atoms with Crippen LogP contribution in [0.4, 0.5) is 13.2 Å². The molecule has 88 valence electrons. The molecule has 0 unspecified atom stereocenters. The number of ether oxygens (including phenoxy) is 1. The van der Waals surface area contributed by atoms with Crippen molar-refractivity contribution in [2.75, 3.05) is 6.61 Å². The second-order valence-electron chi connectivity index (χ2n) is 3.05. The van der Waals surface area contributed by atoms with E-state index in [4.69, 9.17) is 5.73 Å². The predicted octanol–water partition coefficient (Wildman–Crippen LogP) is 1.43. The lowest BCUT2D eigenvalue weighted by molar-refractivity contribution is -0.154. The minimum atomic E-state index is -4.42. The Bertz CT molecular complexity index is 404. The summed E-state index contributed by atoms with van der Waals surface area (Å²) in [5.41, 5.74) is 5.39. The van der Waals surface area contributed by atoms with Crippen molar-refractivity contribution in [1.29, 1.82) is 0 Å². The van der Waals surface area contributed by atoms with Gasteiger partial charge in [-0.2, -0.15) is 13.2 Å². The number of alkyl halides is 3. The van der Waals surface area contributed by atoms with Crippen molar-refractivity contribution >= 4 is 5.91 Å². The number of amides is 1. The van der Waals surface area contributed by atoms with E-state index in [-0.39, 0.29) is 17.1 Å². The first-order chi connectivity index (χ1) is 7.29. The van der Waals surface area contributed by atoms with Crippen molar-refractivity contribution in [3.8, 4) is 5.88 Å². The summed E-state index contributed by atoms with van der Waals surface area (Å²) in [7, 11) is 0. The van der Waals surface area contributed by atoms with E-state index in [1.807, 2.05) is 0 Å². The fraction of sp³-hybridized carbons (Fsp3) is 0.333. The number of nitrogens with two attached hydrogens (primary N) is 1. The first-order valence-electron chi connectivity index (χ1n) is 4.26. The summed E-state index contributed by atoms with van der Waals surface area (Å²) in [5.74, 6) is -0.882. The van der Waals surface area contributed by atoms with Crippen molar-refractivity contribution in [3.63, 3.8) is 0 Å². The van der Waals surface area contributed by atoms with Crippen LogP contribution in [0.1, 0.15) is 16.1 Å². The summed E-state index contributed by atoms with van der Waals surface area (Å²) >= 11 is 0. The molecule has 1 heterocycles. The standard InChI is InChI=1S/C9H9F3N2O2/c1-5-6(8(13)15)2-3-7(14-5)16-4-9(10,11)12/h2-3H,4H2,1H3,(H2,13,15). The predicted molar refractivity (Wildman–Crippen MR) is 49.0 cm³/mol. The Morgan fingerprint density at radius 1 is 1.50 bits per heavy atom. The second kappa shape index (κ2) is 4.38. The van der Waals surface area contributed by atoms with Crippen LogP contribution in [0.15, 0.2) is 12.1 Å². The highest BCUT2D eigenvalue weighted by Gasteiger charge is 2.28. The largest absolute Gasteiger partial charge is 0.468 e. The number of hydrogen-bond acceptors (Lipinski definition) is 3. The normalized spacial score (nSPS) is 11.2. The molecule has 1 amide bonds. The fourth-order valence-corrected chi connectivity index (χ4v) is 1.03. The third kappa shape index (κ3) is 3.41. The smallest absolute Gasteiger partial charge is 0.422 e. The Morgan fingerprint density at radius 3 is 2.56 bits per heavy atom. The van der Waals surface area contributed by atoms with Crippen LogP contribution in [0, 0.1) is 6.92 Å². The van der Waals surface area contributed by atoms with E-state index in [1.165, 1.54) is 19.1 Å². The SMILES string of the molecule is Cc1nc(OCC(F)(F)F)ccc1C(N)=O. The van der Waals surface area contributed by atoms with Gasteiger partial charge in [0.05, 0.1) is 11.3 Å². The minimum absolute atomic E-state index is 0.152. The average molecular weight is 234 g/mol. The zero-order valence-electron chi connectivity index (χ0n) is 8.34. The molecule has 16 heavy (non-hydrogen) atoms. The number of carbonyl (C=O) groups excluding carboxylic acids is 1. The van der Waals surface area contributed by atoms with E-state index in [0.29, 0.717) is 0 Å². The monoisotopic (exact) mass is 234 g/mol. The molecule has 0 aliphatic heterocycles. The highest BCUT2D eigenvalue weighted by Crippen LogP contribution is 2.18. The fourth-order valence-electron chi connectivity index (χ4n) is 1.03. The molecule has 0 aromatic carbocycles. The van der Waals surface area contributed by atoms with Crippen molar-refractivity contribution in [3.05, 3.63) is 23.4 Å². The summed E-state index contributed by atoms with van der Waals surface area (Å²) in [6.45, 7) is 0.0376. The van der Waals surface area contributed by atoms with E-state index < -0.39 is 18.7 Å². The van der Waals surface area contributed by atoms with E-state index in [2.05, 4.69) is 9.72 Å². The van der Waals surface area contributed by atoms with Crippen LogP contribution in [0.3, 0.4) is 0 Å². The van der Waals surface area contributed by atoms with Crippen molar-refractivity contribution < 1.29 is 22.7 Å². The lowest BCUT2D eigenvalue weighted by atomic mass is 10.2. The van der Waals surface area contributed by atoms with Crippen LogP contribution < -0.4 is 10.5 Å². The van der Waals surface area contributed by atoms with Gasteiger partial charge in [0.25, 0.3) is 5.91 Å². The molecule has 4 nitrogen and oxygen atoms in total. The molecule has 0 bridgehead atoms. The number of aryl methyl sites for hydroxylation is 1. The van der Waals surface area contributed by atoms with E-state index >= 15 is 0 Å². The summed E-state index contributed by atoms with van der Waals surface area (Å²) < 4.78 is 39.9. The molecule has 1 rings (SSSR count). The van der Waals surface area contributed by atoms with Gasteiger partial charge in [0.1, 0.15) is 0 Å². The number of carbonyl (C=O) groups is 1. The first-order valence-corrected chi connectivity index (χ1v) is 4.26.